The van der Waals surface area contributed by atoms with E-state index < -0.39 is 0 Å². The lowest BCUT2D eigenvalue weighted by atomic mass is 10.0. The van der Waals surface area contributed by atoms with Crippen molar-refractivity contribution in [3.05, 3.63) is 243 Å². The van der Waals surface area contributed by atoms with Gasteiger partial charge in [-0.05, 0) is 109 Å². The van der Waals surface area contributed by atoms with Gasteiger partial charge in [0.25, 0.3) is 0 Å². The molecule has 0 amide bonds. The monoisotopic (exact) mass is 904 g/mol. The lowest BCUT2D eigenvalue weighted by molar-refractivity contribution is 0.584. The minimum Gasteiger partial charge on any atom is -0.416 e. The van der Waals surface area contributed by atoms with E-state index in [1.54, 1.807) is 0 Å². The first kappa shape index (κ1) is 41.6. The Morgan fingerprint density at radius 3 is 0.971 bits per heavy atom. The first-order chi connectivity index (χ1) is 34.7. The molecule has 0 saturated carbocycles. The van der Waals surface area contributed by atoms with Crippen LogP contribution in [-0.4, -0.2) is 30.4 Å². The van der Waals surface area contributed by atoms with Crippen LogP contribution in [0.25, 0.3) is 79.4 Å². The van der Waals surface area contributed by atoms with Gasteiger partial charge in [0.15, 0.2) is 0 Å². The molecule has 3 aromatic heterocycles. The number of fused-ring (bicyclic) bond motifs is 1. The Morgan fingerprint density at radius 1 is 0.257 bits per heavy atom. The van der Waals surface area contributed by atoms with Crippen LogP contribution < -0.4 is 9.80 Å². The van der Waals surface area contributed by atoms with E-state index >= 15 is 0 Å². The molecule has 0 aliphatic rings. The first-order valence-electron chi connectivity index (χ1n) is 22.9. The van der Waals surface area contributed by atoms with Gasteiger partial charge in [-0.3, -0.25) is 0 Å². The highest BCUT2D eigenvalue weighted by Gasteiger charge is 2.24. The van der Waals surface area contributed by atoms with Crippen molar-refractivity contribution in [2.75, 3.05) is 9.80 Å². The van der Waals surface area contributed by atoms with Crippen LogP contribution in [0.4, 0.5) is 34.1 Å². The summed E-state index contributed by atoms with van der Waals surface area (Å²) in [6, 6.07) is 81.2. The normalized spacial score (nSPS) is 11.1. The third-order valence-corrected chi connectivity index (χ3v) is 12.0. The average molecular weight is 905 g/mol. The Kier molecular flexibility index (Phi) is 11.0. The summed E-state index contributed by atoms with van der Waals surface area (Å²) in [6.45, 7) is 0. The summed E-state index contributed by atoms with van der Waals surface area (Å²) in [5.41, 5.74) is 13.9. The fourth-order valence-corrected chi connectivity index (χ4v) is 8.71. The molecule has 332 valence electrons. The van der Waals surface area contributed by atoms with Gasteiger partial charge in [-0.2, -0.15) is 0 Å². The van der Waals surface area contributed by atoms with Crippen molar-refractivity contribution in [2.45, 2.75) is 0 Å². The van der Waals surface area contributed by atoms with Crippen molar-refractivity contribution in [1.82, 2.24) is 30.4 Å². The minimum absolute atomic E-state index is 0.425. The summed E-state index contributed by atoms with van der Waals surface area (Å²) < 4.78 is 12.6. The van der Waals surface area contributed by atoms with Crippen LogP contribution in [0.2, 0.25) is 0 Å². The van der Waals surface area contributed by atoms with Crippen molar-refractivity contribution in [2.24, 2.45) is 0 Å². The zero-order valence-corrected chi connectivity index (χ0v) is 37.5. The van der Waals surface area contributed by atoms with Gasteiger partial charge >= 0.3 is 0 Å². The molecule has 0 aliphatic heterocycles. The van der Waals surface area contributed by atoms with Gasteiger partial charge in [0.2, 0.25) is 23.6 Å². The van der Waals surface area contributed by atoms with Crippen LogP contribution in [0.1, 0.15) is 0 Å². The van der Waals surface area contributed by atoms with Gasteiger partial charge in [-0.25, -0.2) is 9.97 Å². The maximum Gasteiger partial charge on any atom is 0.250 e. The number of para-hydroxylation sites is 6. The molecule has 0 radical (unpaired) electrons. The summed E-state index contributed by atoms with van der Waals surface area (Å²) in [5, 5.41) is 17.9. The molecule has 12 aromatic rings. The molecule has 0 saturated heterocycles. The summed E-state index contributed by atoms with van der Waals surface area (Å²) in [7, 11) is 0. The van der Waals surface area contributed by atoms with Gasteiger partial charge in [0.1, 0.15) is 0 Å². The lowest BCUT2D eigenvalue weighted by Gasteiger charge is -2.27. The van der Waals surface area contributed by atoms with Crippen molar-refractivity contribution in [1.29, 1.82) is 0 Å². The van der Waals surface area contributed by atoms with Gasteiger partial charge in [0.05, 0.1) is 44.9 Å². The second-order valence-electron chi connectivity index (χ2n) is 16.4. The zero-order valence-electron chi connectivity index (χ0n) is 37.5. The largest absolute Gasteiger partial charge is 0.416 e. The Bertz CT molecular complexity index is 3470. The molecule has 0 atom stereocenters. The predicted molar refractivity (Wildman–Crippen MR) is 277 cm³/mol. The highest BCUT2D eigenvalue weighted by atomic mass is 16.4. The van der Waals surface area contributed by atoms with Gasteiger partial charge in [-0.1, -0.05) is 133 Å². The van der Waals surface area contributed by atoms with E-state index in [-0.39, 0.29) is 0 Å². The number of nitrogens with zero attached hydrogens (tertiary/aromatic N) is 8. The molecule has 10 heteroatoms. The van der Waals surface area contributed by atoms with Crippen LogP contribution in [0.15, 0.2) is 251 Å². The molecule has 70 heavy (non-hydrogen) atoms. The van der Waals surface area contributed by atoms with Crippen LogP contribution in [0.5, 0.6) is 0 Å². The molecule has 0 bridgehead atoms. The molecule has 12 rings (SSSR count). The smallest absolute Gasteiger partial charge is 0.250 e. The molecule has 0 fully saturated rings. The fraction of sp³-hybridized carbons (Fsp3) is 0. The quantitative estimate of drug-likeness (QED) is 0.117. The van der Waals surface area contributed by atoms with Crippen LogP contribution in [0.3, 0.4) is 0 Å². The second-order valence-corrected chi connectivity index (χ2v) is 16.4. The van der Waals surface area contributed by atoms with Crippen LogP contribution in [-0.2, 0) is 0 Å². The highest BCUT2D eigenvalue weighted by Crippen LogP contribution is 2.44. The average Bonchev–Trinajstić information content (AvgIpc) is 4.15. The Balaban J connectivity index is 0.920. The number of aromatic nitrogens is 6. The number of benzene rings is 9. The first-order valence-corrected chi connectivity index (χ1v) is 22.9. The lowest BCUT2D eigenvalue weighted by Crippen LogP contribution is -2.11. The van der Waals surface area contributed by atoms with E-state index in [1.807, 2.05) is 158 Å². The van der Waals surface area contributed by atoms with Gasteiger partial charge < -0.3 is 18.6 Å². The van der Waals surface area contributed by atoms with Gasteiger partial charge in [0, 0.05) is 45.0 Å². The standard InChI is InChI=1S/C60H40N8O2/c1-5-19-43(20-6-1)57-63-65-59(69-57)49-27-13-17-31-53(49)67(45-23-9-3-10-24-45)47-37-33-41(34-38-47)55-56(62-52-30-16-15-29-51(52)61-55)42-35-39-48(40-36-42)68(46-25-11-4-12-26-46)54-32-18-14-28-50(54)60-66-64-58(70-60)44-21-7-2-8-22-44/h1-40H. The molecule has 0 N–H and O–H groups in total. The maximum absolute atomic E-state index is 6.31. The third-order valence-electron chi connectivity index (χ3n) is 12.0. The zero-order chi connectivity index (χ0) is 46.6. The van der Waals surface area contributed by atoms with Crippen molar-refractivity contribution in [3.8, 4) is 68.3 Å². The van der Waals surface area contributed by atoms with E-state index in [4.69, 9.17) is 18.8 Å². The Morgan fingerprint density at radius 2 is 0.571 bits per heavy atom. The molecule has 10 nitrogen and oxygen atoms in total. The molecule has 0 spiro atoms. The maximum atomic E-state index is 6.31. The SMILES string of the molecule is c1ccc(-c2nnc(-c3ccccc3N(c3ccccc3)c3ccc(-c4nc5ccccc5nc4-c4ccc(N(c5ccccc5)c5ccccc5-c5nnc(-c6ccccc6)o5)cc4)cc3)o2)cc1. The molecular weight excluding hydrogens is 865 g/mol. The summed E-state index contributed by atoms with van der Waals surface area (Å²) in [5.74, 6) is 1.77. The molecular formula is C60H40N8O2. The highest BCUT2D eigenvalue weighted by molar-refractivity contribution is 5.91. The van der Waals surface area contributed by atoms with E-state index in [2.05, 4.69) is 115 Å². The van der Waals surface area contributed by atoms with E-state index in [0.29, 0.717) is 23.6 Å². The van der Waals surface area contributed by atoms with E-state index in [0.717, 1.165) is 89.9 Å². The molecule has 9 aromatic carbocycles. The van der Waals surface area contributed by atoms with Crippen LogP contribution >= 0.6 is 0 Å². The predicted octanol–water partition coefficient (Wildman–Crippen LogP) is 15.3. The van der Waals surface area contributed by atoms with Gasteiger partial charge in [-0.15, -0.1) is 20.4 Å². The molecule has 0 unspecified atom stereocenters. The van der Waals surface area contributed by atoms with E-state index in [9.17, 15) is 0 Å². The number of anilines is 6. The minimum atomic E-state index is 0.425. The third kappa shape index (κ3) is 8.11. The van der Waals surface area contributed by atoms with Crippen molar-refractivity contribution >= 4 is 45.2 Å². The van der Waals surface area contributed by atoms with Crippen LogP contribution in [0, 0.1) is 0 Å². The number of hydrogen-bond acceptors (Lipinski definition) is 10. The van der Waals surface area contributed by atoms with Crippen molar-refractivity contribution < 1.29 is 8.83 Å². The number of rotatable bonds is 12. The topological polar surface area (TPSA) is 110 Å². The second kappa shape index (κ2) is 18.5. The molecule has 3 heterocycles. The fourth-order valence-electron chi connectivity index (χ4n) is 8.71. The van der Waals surface area contributed by atoms with E-state index in [1.165, 1.54) is 0 Å². The van der Waals surface area contributed by atoms with Crippen molar-refractivity contribution in [3.63, 3.8) is 0 Å². The summed E-state index contributed by atoms with van der Waals surface area (Å²) in [4.78, 5) is 15.0. The summed E-state index contributed by atoms with van der Waals surface area (Å²) >= 11 is 0. The Labute approximate surface area is 403 Å². The number of hydrogen-bond donors (Lipinski definition) is 0. The summed E-state index contributed by atoms with van der Waals surface area (Å²) in [6.07, 6.45) is 0. The Hall–Kier alpha value is -9.80. The molecule has 0 aliphatic carbocycles.